The van der Waals surface area contributed by atoms with Crippen molar-refractivity contribution < 1.29 is 9.21 Å². The molecule has 2 aromatic carbocycles. The van der Waals surface area contributed by atoms with Crippen LogP contribution in [0.5, 0.6) is 0 Å². The molecule has 7 heteroatoms. The second kappa shape index (κ2) is 8.24. The topological polar surface area (TPSA) is 49.1 Å². The van der Waals surface area contributed by atoms with Gasteiger partial charge in [-0.1, -0.05) is 29.8 Å². The van der Waals surface area contributed by atoms with Crippen LogP contribution in [0, 0.1) is 6.92 Å². The molecule has 5 nitrogen and oxygen atoms in total. The van der Waals surface area contributed by atoms with Crippen molar-refractivity contribution in [2.24, 2.45) is 5.10 Å². The van der Waals surface area contributed by atoms with E-state index in [2.05, 4.69) is 45.7 Å². The summed E-state index contributed by atoms with van der Waals surface area (Å²) in [6.45, 7) is 2.00. The molecule has 1 aromatic heterocycles. The highest BCUT2D eigenvalue weighted by Crippen LogP contribution is 2.34. The van der Waals surface area contributed by atoms with Crippen molar-refractivity contribution >= 4 is 63.0 Å². The molecule has 0 aliphatic carbocycles. The normalized spacial score (nSPS) is 16.2. The molecule has 28 heavy (non-hydrogen) atoms. The van der Waals surface area contributed by atoms with E-state index in [1.54, 1.807) is 11.3 Å². The SMILES string of the molecule is Cc1ccc(C(=O)N2N=C(c3ccc(N(I)I)cc3)CC2c2ccco2)cc1. The van der Waals surface area contributed by atoms with Gasteiger partial charge in [0.2, 0.25) is 0 Å². The molecule has 142 valence electrons. The van der Waals surface area contributed by atoms with Gasteiger partial charge >= 0.3 is 0 Å². The van der Waals surface area contributed by atoms with Crippen LogP contribution in [0.25, 0.3) is 0 Å². The largest absolute Gasteiger partial charge is 0.467 e. The fourth-order valence-corrected chi connectivity index (χ4v) is 3.81. The molecule has 1 atom stereocenters. The van der Waals surface area contributed by atoms with Gasteiger partial charge in [-0.25, -0.2) is 5.01 Å². The lowest BCUT2D eigenvalue weighted by Gasteiger charge is -2.20. The van der Waals surface area contributed by atoms with Crippen LogP contribution in [0.4, 0.5) is 5.69 Å². The Hall–Kier alpha value is -1.88. The molecule has 3 aromatic rings. The Bertz CT molecular complexity index is 997. The van der Waals surface area contributed by atoms with Gasteiger partial charge in [0, 0.05) is 12.0 Å². The van der Waals surface area contributed by atoms with E-state index in [-0.39, 0.29) is 11.9 Å². The number of carbonyl (C=O) groups excluding carboxylic acids is 1. The summed E-state index contributed by atoms with van der Waals surface area (Å²) in [5, 5.41) is 6.24. The Morgan fingerprint density at radius 3 is 2.43 bits per heavy atom. The lowest BCUT2D eigenvalue weighted by molar-refractivity contribution is 0.0693. The van der Waals surface area contributed by atoms with Crippen LogP contribution in [0.1, 0.15) is 39.7 Å². The molecule has 0 bridgehead atoms. The Labute approximate surface area is 191 Å². The Balaban J connectivity index is 1.68. The molecule has 0 spiro atoms. The summed E-state index contributed by atoms with van der Waals surface area (Å²) in [6, 6.07) is 19.2. The van der Waals surface area contributed by atoms with Crippen LogP contribution >= 0.6 is 45.7 Å². The number of halogens is 2. The number of benzene rings is 2. The summed E-state index contributed by atoms with van der Waals surface area (Å²) in [6.07, 6.45) is 2.24. The number of rotatable bonds is 4. The van der Waals surface area contributed by atoms with Crippen LogP contribution in [-0.2, 0) is 0 Å². The van der Waals surface area contributed by atoms with E-state index in [1.165, 1.54) is 0 Å². The van der Waals surface area contributed by atoms with Crippen LogP contribution in [0.3, 0.4) is 0 Å². The third-order valence-corrected chi connectivity index (χ3v) is 5.80. The van der Waals surface area contributed by atoms with Gasteiger partial charge in [0.05, 0.1) is 63.4 Å². The van der Waals surface area contributed by atoms with Crippen molar-refractivity contribution in [2.45, 2.75) is 19.4 Å². The number of anilines is 1. The second-order valence-corrected chi connectivity index (χ2v) is 10.4. The quantitative estimate of drug-likeness (QED) is 0.271. The average molecular weight is 597 g/mol. The van der Waals surface area contributed by atoms with E-state index >= 15 is 0 Å². The lowest BCUT2D eigenvalue weighted by atomic mass is 10.0. The Morgan fingerprint density at radius 2 is 1.82 bits per heavy atom. The van der Waals surface area contributed by atoms with Gasteiger partial charge in [-0.3, -0.25) is 6.12 Å². The first-order valence-corrected chi connectivity index (χ1v) is 10.7. The fraction of sp³-hybridized carbons (Fsp3) is 0.143. The van der Waals surface area contributed by atoms with Crippen molar-refractivity contribution in [1.82, 2.24) is 5.01 Å². The first-order chi connectivity index (χ1) is 13.5. The first kappa shape index (κ1) is 19.4. The molecule has 1 amide bonds. The maximum atomic E-state index is 13.2. The van der Waals surface area contributed by atoms with Crippen LogP contribution < -0.4 is 1.33 Å². The van der Waals surface area contributed by atoms with Gasteiger partial charge < -0.3 is 4.42 Å². The highest BCUT2D eigenvalue weighted by atomic mass is 127. The predicted octanol–water partition coefficient (Wildman–Crippen LogP) is 6.09. The van der Waals surface area contributed by atoms with Crippen molar-refractivity contribution in [3.8, 4) is 0 Å². The summed E-state index contributed by atoms with van der Waals surface area (Å²) in [7, 11) is 0. The zero-order valence-corrected chi connectivity index (χ0v) is 19.4. The molecule has 1 aliphatic rings. The highest BCUT2D eigenvalue weighted by molar-refractivity contribution is 14.2. The molecule has 0 radical (unpaired) electrons. The van der Waals surface area contributed by atoms with Crippen LogP contribution in [0.15, 0.2) is 76.4 Å². The Kier molecular flexibility index (Phi) is 5.72. The van der Waals surface area contributed by atoms with Crippen LogP contribution in [-0.4, -0.2) is 16.6 Å². The molecule has 1 unspecified atom stereocenters. The molecule has 1 aliphatic heterocycles. The summed E-state index contributed by atoms with van der Waals surface area (Å²) in [5.41, 5.74) is 4.71. The summed E-state index contributed by atoms with van der Waals surface area (Å²) in [5.74, 6) is 0.611. The monoisotopic (exact) mass is 597 g/mol. The summed E-state index contributed by atoms with van der Waals surface area (Å²) in [4.78, 5) is 13.2. The summed E-state index contributed by atoms with van der Waals surface area (Å²) < 4.78 is 7.61. The Morgan fingerprint density at radius 1 is 1.11 bits per heavy atom. The maximum Gasteiger partial charge on any atom is 0.274 e. The second-order valence-electron chi connectivity index (χ2n) is 6.58. The first-order valence-electron chi connectivity index (χ1n) is 8.76. The zero-order valence-electron chi connectivity index (χ0n) is 15.0. The minimum Gasteiger partial charge on any atom is -0.467 e. The van der Waals surface area contributed by atoms with Crippen molar-refractivity contribution in [3.05, 3.63) is 89.4 Å². The number of carbonyl (C=O) groups is 1. The molecule has 4 rings (SSSR count). The van der Waals surface area contributed by atoms with Gasteiger partial charge in [0.1, 0.15) is 11.8 Å². The van der Waals surface area contributed by atoms with Gasteiger partial charge in [0.15, 0.2) is 0 Å². The molecule has 0 saturated carbocycles. The van der Waals surface area contributed by atoms with E-state index in [9.17, 15) is 4.79 Å². The third kappa shape index (κ3) is 3.95. The predicted molar refractivity (Wildman–Crippen MR) is 127 cm³/mol. The standard InChI is InChI=1S/C21H17I2N3O2/c1-14-4-6-16(7-5-14)21(27)25-19(20-3-2-12-28-20)13-18(24-25)15-8-10-17(11-9-15)26(22)23/h2-12,19H,13H2,1H3. The summed E-state index contributed by atoms with van der Waals surface area (Å²) >= 11 is 4.45. The van der Waals surface area contributed by atoms with Crippen molar-refractivity contribution in [1.29, 1.82) is 0 Å². The third-order valence-electron chi connectivity index (χ3n) is 4.68. The number of aryl methyl sites for hydroxylation is 1. The van der Waals surface area contributed by atoms with E-state index in [0.717, 1.165) is 28.3 Å². The highest BCUT2D eigenvalue weighted by Gasteiger charge is 2.35. The van der Waals surface area contributed by atoms with Gasteiger partial charge in [-0.05, 0) is 48.9 Å². The zero-order chi connectivity index (χ0) is 19.7. The number of hydrogen-bond donors (Lipinski definition) is 0. The lowest BCUT2D eigenvalue weighted by Crippen LogP contribution is -2.26. The van der Waals surface area contributed by atoms with Gasteiger partial charge in [-0.15, -0.1) is 0 Å². The van der Waals surface area contributed by atoms with E-state index < -0.39 is 0 Å². The average Bonchev–Trinajstić information content (AvgIpc) is 3.38. The van der Waals surface area contributed by atoms with Crippen molar-refractivity contribution in [3.63, 3.8) is 0 Å². The van der Waals surface area contributed by atoms with E-state index in [4.69, 9.17) is 9.52 Å². The molecule has 0 N–H and O–H groups in total. The minimum atomic E-state index is -0.246. The van der Waals surface area contributed by atoms with Gasteiger partial charge in [0.25, 0.3) is 5.91 Å². The minimum absolute atomic E-state index is 0.126. The fourth-order valence-electron chi connectivity index (χ4n) is 3.17. The van der Waals surface area contributed by atoms with E-state index in [0.29, 0.717) is 12.0 Å². The molecule has 0 saturated heterocycles. The smallest absolute Gasteiger partial charge is 0.274 e. The van der Waals surface area contributed by atoms with Gasteiger partial charge in [-0.2, -0.15) is 5.10 Å². The number of furan rings is 1. The number of hydrazone groups is 1. The maximum absolute atomic E-state index is 13.2. The van der Waals surface area contributed by atoms with E-state index in [1.807, 2.05) is 68.9 Å². The molecule has 2 heterocycles. The molecular formula is C21H17I2N3O2. The van der Waals surface area contributed by atoms with Crippen molar-refractivity contribution in [2.75, 3.05) is 1.33 Å². The van der Waals surface area contributed by atoms with Crippen LogP contribution in [0.2, 0.25) is 0 Å². The number of nitrogens with zero attached hydrogens (tertiary/aromatic N) is 3. The molecular weight excluding hydrogens is 580 g/mol. The number of amides is 1. The molecule has 0 fully saturated rings. The number of hydrogen-bond acceptors (Lipinski definition) is 4.